The maximum Gasteiger partial charge on any atom is 0.341 e. The Balaban J connectivity index is 2.05. The molecule has 0 bridgehead atoms. The molecule has 12 heteroatoms. The van der Waals surface area contributed by atoms with Crippen molar-refractivity contribution >= 4 is 51.2 Å². The number of nitrogens with zero attached hydrogens (tertiary/aromatic N) is 2. The van der Waals surface area contributed by atoms with Gasteiger partial charge in [-0.15, -0.1) is 11.3 Å². The highest BCUT2D eigenvalue weighted by molar-refractivity contribution is 7.15. The molecular formula is C19H12ClN3O7S. The van der Waals surface area contributed by atoms with Crippen LogP contribution in [0.3, 0.4) is 0 Å². The highest BCUT2D eigenvalue weighted by Gasteiger charge is 2.28. The molecule has 0 unspecified atom stereocenters. The fourth-order valence-corrected chi connectivity index (χ4v) is 3.95. The zero-order chi connectivity index (χ0) is 22.7. The predicted octanol–water partition coefficient (Wildman–Crippen LogP) is 4.92. The molecule has 0 aliphatic rings. The number of amides is 1. The number of methoxy groups -OCH3 is 1. The Morgan fingerprint density at radius 1 is 1.06 bits per heavy atom. The normalized spacial score (nSPS) is 10.4. The Bertz CT molecular complexity index is 1180. The van der Waals surface area contributed by atoms with Gasteiger partial charge in [-0.05, 0) is 5.56 Å². The highest BCUT2D eigenvalue weighted by Crippen LogP contribution is 2.38. The molecular weight excluding hydrogens is 450 g/mol. The summed E-state index contributed by atoms with van der Waals surface area (Å²) in [5.74, 6) is -1.60. The number of rotatable bonds is 6. The van der Waals surface area contributed by atoms with Gasteiger partial charge in [0.15, 0.2) is 5.02 Å². The molecule has 0 fully saturated rings. The summed E-state index contributed by atoms with van der Waals surface area (Å²) in [6.45, 7) is 0. The van der Waals surface area contributed by atoms with Crippen LogP contribution >= 0.6 is 22.9 Å². The number of thiophene rings is 1. The largest absolute Gasteiger partial charge is 0.465 e. The number of nitro benzene ring substituents is 2. The summed E-state index contributed by atoms with van der Waals surface area (Å²) < 4.78 is 4.82. The van der Waals surface area contributed by atoms with E-state index < -0.39 is 38.1 Å². The van der Waals surface area contributed by atoms with Crippen LogP contribution < -0.4 is 5.32 Å². The maximum atomic E-state index is 12.7. The van der Waals surface area contributed by atoms with Gasteiger partial charge in [0.05, 0.1) is 22.5 Å². The Hall–Kier alpha value is -3.83. The van der Waals surface area contributed by atoms with Crippen LogP contribution in [-0.2, 0) is 4.74 Å². The first-order chi connectivity index (χ1) is 14.7. The number of hydrogen-bond donors (Lipinski definition) is 1. The number of carbonyl (C=O) groups is 2. The Kier molecular flexibility index (Phi) is 6.28. The number of anilines is 1. The van der Waals surface area contributed by atoms with E-state index in [-0.39, 0.29) is 16.1 Å². The topological polar surface area (TPSA) is 142 Å². The number of hydrogen-bond acceptors (Lipinski definition) is 8. The minimum Gasteiger partial charge on any atom is -0.465 e. The molecule has 0 saturated carbocycles. The molecule has 1 aromatic heterocycles. The number of halogens is 1. The van der Waals surface area contributed by atoms with E-state index in [4.69, 9.17) is 16.3 Å². The smallest absolute Gasteiger partial charge is 0.341 e. The van der Waals surface area contributed by atoms with Crippen LogP contribution in [0.25, 0.3) is 11.1 Å². The van der Waals surface area contributed by atoms with E-state index >= 15 is 0 Å². The van der Waals surface area contributed by atoms with Crippen LogP contribution in [0.15, 0.2) is 47.8 Å². The number of benzene rings is 2. The molecule has 3 aromatic rings. The Morgan fingerprint density at radius 2 is 1.65 bits per heavy atom. The number of esters is 1. The van der Waals surface area contributed by atoms with Gasteiger partial charge < -0.3 is 10.1 Å². The molecule has 0 aliphatic carbocycles. The Labute approximate surface area is 183 Å². The molecule has 10 nitrogen and oxygen atoms in total. The average Bonchev–Trinajstić information content (AvgIpc) is 3.16. The minimum absolute atomic E-state index is 0.0880. The second-order valence-corrected chi connectivity index (χ2v) is 7.27. The van der Waals surface area contributed by atoms with Gasteiger partial charge in [0.2, 0.25) is 0 Å². The Morgan fingerprint density at radius 3 is 2.16 bits per heavy atom. The van der Waals surface area contributed by atoms with Gasteiger partial charge in [0, 0.05) is 23.1 Å². The first-order valence-electron chi connectivity index (χ1n) is 8.43. The average molecular weight is 462 g/mol. The molecule has 0 saturated heterocycles. The van der Waals surface area contributed by atoms with Gasteiger partial charge in [-0.3, -0.25) is 25.0 Å². The first-order valence-corrected chi connectivity index (χ1v) is 9.69. The second kappa shape index (κ2) is 8.90. The van der Waals surface area contributed by atoms with E-state index in [1.54, 1.807) is 35.7 Å². The minimum atomic E-state index is -0.926. The molecule has 0 radical (unpaired) electrons. The molecule has 3 rings (SSSR count). The van der Waals surface area contributed by atoms with Crippen LogP contribution in [0.5, 0.6) is 0 Å². The summed E-state index contributed by atoms with van der Waals surface area (Å²) in [6, 6.07) is 10.5. The van der Waals surface area contributed by atoms with Gasteiger partial charge in [-0.1, -0.05) is 41.9 Å². The lowest BCUT2D eigenvalue weighted by atomic mass is 10.0. The third-order valence-electron chi connectivity index (χ3n) is 4.18. The van der Waals surface area contributed by atoms with E-state index in [2.05, 4.69) is 5.32 Å². The van der Waals surface area contributed by atoms with Gasteiger partial charge in [-0.2, -0.15) is 0 Å². The lowest BCUT2D eigenvalue weighted by Crippen LogP contribution is -2.15. The van der Waals surface area contributed by atoms with Gasteiger partial charge in [0.25, 0.3) is 17.3 Å². The summed E-state index contributed by atoms with van der Waals surface area (Å²) in [7, 11) is 1.19. The fraction of sp³-hybridized carbons (Fsp3) is 0.0526. The van der Waals surface area contributed by atoms with E-state index in [9.17, 15) is 29.8 Å². The molecule has 1 heterocycles. The quantitative estimate of drug-likeness (QED) is 0.311. The molecule has 2 aromatic carbocycles. The standard InChI is InChI=1S/C19H12ClN3O7S/c1-30-19(25)15-12(10-5-3-2-4-6-10)9-31-18(15)21-17(24)11-7-13(22(26)27)16(20)14(8-11)23(28)29/h2-9H,1H3,(H,21,24). The van der Waals surface area contributed by atoms with Crippen molar-refractivity contribution in [3.63, 3.8) is 0 Å². The van der Waals surface area contributed by atoms with Crippen molar-refractivity contribution < 1.29 is 24.2 Å². The summed E-state index contributed by atoms with van der Waals surface area (Å²) >= 11 is 6.75. The van der Waals surface area contributed by atoms with Crippen LogP contribution in [0.2, 0.25) is 5.02 Å². The van der Waals surface area contributed by atoms with Gasteiger partial charge >= 0.3 is 5.97 Å². The molecule has 0 atom stereocenters. The molecule has 1 amide bonds. The lowest BCUT2D eigenvalue weighted by Gasteiger charge is -2.08. The number of ether oxygens (including phenoxy) is 1. The SMILES string of the molecule is COC(=O)c1c(-c2ccccc2)csc1NC(=O)c1cc([N+](=O)[O-])c(Cl)c([N+](=O)[O-])c1. The number of nitro groups is 2. The molecule has 158 valence electrons. The first kappa shape index (κ1) is 21.9. The monoisotopic (exact) mass is 461 g/mol. The third kappa shape index (κ3) is 4.37. The van der Waals surface area contributed by atoms with Crippen LogP contribution in [-0.4, -0.2) is 28.8 Å². The van der Waals surface area contributed by atoms with Crippen molar-refractivity contribution in [1.82, 2.24) is 0 Å². The van der Waals surface area contributed by atoms with Crippen molar-refractivity contribution in [2.24, 2.45) is 0 Å². The van der Waals surface area contributed by atoms with Crippen LogP contribution in [0.1, 0.15) is 20.7 Å². The van der Waals surface area contributed by atoms with Crippen LogP contribution in [0.4, 0.5) is 16.4 Å². The van der Waals surface area contributed by atoms with Crippen molar-refractivity contribution in [3.8, 4) is 11.1 Å². The third-order valence-corrected chi connectivity index (χ3v) is 5.46. The van der Waals surface area contributed by atoms with Gasteiger partial charge in [0.1, 0.15) is 10.6 Å². The molecule has 0 spiro atoms. The molecule has 1 N–H and O–H groups in total. The zero-order valence-electron chi connectivity index (χ0n) is 15.7. The van der Waals surface area contributed by atoms with E-state index in [0.29, 0.717) is 11.1 Å². The second-order valence-electron chi connectivity index (χ2n) is 6.01. The summed E-state index contributed by atoms with van der Waals surface area (Å²) in [6.07, 6.45) is 0. The maximum absolute atomic E-state index is 12.7. The fourth-order valence-electron chi connectivity index (χ4n) is 2.75. The van der Waals surface area contributed by atoms with E-state index in [0.717, 1.165) is 23.5 Å². The lowest BCUT2D eigenvalue weighted by molar-refractivity contribution is -0.393. The predicted molar refractivity (Wildman–Crippen MR) is 114 cm³/mol. The zero-order valence-corrected chi connectivity index (χ0v) is 17.2. The van der Waals surface area contributed by atoms with E-state index in [1.807, 2.05) is 0 Å². The number of nitrogens with one attached hydrogen (secondary N) is 1. The number of carbonyl (C=O) groups excluding carboxylic acids is 2. The highest BCUT2D eigenvalue weighted by atomic mass is 35.5. The van der Waals surface area contributed by atoms with Crippen molar-refractivity contribution in [3.05, 3.63) is 84.2 Å². The van der Waals surface area contributed by atoms with E-state index in [1.165, 1.54) is 7.11 Å². The van der Waals surface area contributed by atoms with Crippen molar-refractivity contribution in [2.45, 2.75) is 0 Å². The van der Waals surface area contributed by atoms with Crippen LogP contribution in [0, 0.1) is 20.2 Å². The van der Waals surface area contributed by atoms with Crippen molar-refractivity contribution in [2.75, 3.05) is 12.4 Å². The summed E-state index contributed by atoms with van der Waals surface area (Å²) in [4.78, 5) is 45.6. The van der Waals surface area contributed by atoms with Crippen molar-refractivity contribution in [1.29, 1.82) is 0 Å². The summed E-state index contributed by atoms with van der Waals surface area (Å²) in [5, 5.41) is 25.9. The van der Waals surface area contributed by atoms with Gasteiger partial charge in [-0.25, -0.2) is 4.79 Å². The molecule has 0 aliphatic heterocycles. The summed E-state index contributed by atoms with van der Waals surface area (Å²) in [5.41, 5.74) is -0.632. The molecule has 31 heavy (non-hydrogen) atoms.